The molecule has 0 spiro atoms. The van der Waals surface area contributed by atoms with Crippen LogP contribution in [-0.4, -0.2) is 51.0 Å². The van der Waals surface area contributed by atoms with E-state index in [0.717, 1.165) is 6.42 Å². The molecule has 1 aliphatic rings. The van der Waals surface area contributed by atoms with Gasteiger partial charge in [0.2, 0.25) is 0 Å². The van der Waals surface area contributed by atoms with Crippen molar-refractivity contribution < 1.29 is 17.9 Å². The molecule has 96 valence electrons. The molecule has 1 fully saturated rings. The first-order valence-corrected chi connectivity index (χ1v) is 5.47. The van der Waals surface area contributed by atoms with Crippen molar-refractivity contribution in [3.63, 3.8) is 0 Å². The molecule has 0 aliphatic carbocycles. The maximum absolute atomic E-state index is 12.7. The van der Waals surface area contributed by atoms with E-state index in [1.807, 2.05) is 4.90 Å². The fraction of sp³-hybridized carbons (Fsp3) is 1.00. The Morgan fingerprint density at radius 1 is 1.38 bits per heavy atom. The van der Waals surface area contributed by atoms with Crippen molar-refractivity contribution in [2.45, 2.75) is 12.6 Å². The Morgan fingerprint density at radius 2 is 2.06 bits per heavy atom. The molecule has 1 rings (SSSR count). The number of rotatable bonds is 5. The highest BCUT2D eigenvalue weighted by atomic mass is 19.4. The van der Waals surface area contributed by atoms with Crippen LogP contribution in [0.15, 0.2) is 0 Å². The lowest BCUT2D eigenvalue weighted by Crippen LogP contribution is -2.32. The minimum Gasteiger partial charge on any atom is -0.384 e. The summed E-state index contributed by atoms with van der Waals surface area (Å²) in [6, 6.07) is 0. The van der Waals surface area contributed by atoms with Crippen LogP contribution < -0.4 is 5.73 Å². The molecule has 0 amide bonds. The predicted molar refractivity (Wildman–Crippen MR) is 55.0 cm³/mol. The van der Waals surface area contributed by atoms with Gasteiger partial charge in [0.15, 0.2) is 0 Å². The number of halogens is 3. The Hall–Kier alpha value is -0.330. The maximum Gasteiger partial charge on any atom is 0.393 e. The monoisotopic (exact) mass is 240 g/mol. The SMILES string of the molecule is COCC1CN(CCCN)CC1C(F)(F)F. The zero-order valence-corrected chi connectivity index (χ0v) is 9.46. The van der Waals surface area contributed by atoms with Crippen LogP contribution in [0.1, 0.15) is 6.42 Å². The van der Waals surface area contributed by atoms with Gasteiger partial charge in [0, 0.05) is 26.1 Å². The molecular weight excluding hydrogens is 221 g/mol. The topological polar surface area (TPSA) is 38.5 Å². The van der Waals surface area contributed by atoms with Crippen molar-refractivity contribution in [3.8, 4) is 0 Å². The lowest BCUT2D eigenvalue weighted by atomic mass is 9.96. The summed E-state index contributed by atoms with van der Waals surface area (Å²) in [4.78, 5) is 1.83. The molecule has 1 aliphatic heterocycles. The van der Waals surface area contributed by atoms with Crippen LogP contribution in [-0.2, 0) is 4.74 Å². The van der Waals surface area contributed by atoms with Gasteiger partial charge in [0.25, 0.3) is 0 Å². The van der Waals surface area contributed by atoms with E-state index in [-0.39, 0.29) is 13.2 Å². The van der Waals surface area contributed by atoms with Crippen LogP contribution in [0.5, 0.6) is 0 Å². The van der Waals surface area contributed by atoms with Crippen LogP contribution in [0.2, 0.25) is 0 Å². The standard InChI is InChI=1S/C10H19F3N2O/c1-16-7-8-5-15(4-2-3-14)6-9(8)10(11,12)13/h8-9H,2-7,14H2,1H3. The van der Waals surface area contributed by atoms with Crippen LogP contribution in [0.3, 0.4) is 0 Å². The highest BCUT2D eigenvalue weighted by molar-refractivity contribution is 4.88. The average molecular weight is 240 g/mol. The molecule has 2 N–H and O–H groups in total. The molecule has 0 aromatic heterocycles. The smallest absolute Gasteiger partial charge is 0.384 e. The molecule has 0 bridgehead atoms. The van der Waals surface area contributed by atoms with Crippen LogP contribution in [0.25, 0.3) is 0 Å². The van der Waals surface area contributed by atoms with E-state index in [1.54, 1.807) is 0 Å². The highest BCUT2D eigenvalue weighted by Crippen LogP contribution is 2.37. The molecule has 1 heterocycles. The van der Waals surface area contributed by atoms with Crippen molar-refractivity contribution in [1.82, 2.24) is 4.90 Å². The molecule has 2 unspecified atom stereocenters. The van der Waals surface area contributed by atoms with Gasteiger partial charge in [-0.2, -0.15) is 13.2 Å². The summed E-state index contributed by atoms with van der Waals surface area (Å²) in [5, 5.41) is 0. The van der Waals surface area contributed by atoms with E-state index >= 15 is 0 Å². The van der Waals surface area contributed by atoms with Gasteiger partial charge in [-0.15, -0.1) is 0 Å². The van der Waals surface area contributed by atoms with E-state index in [9.17, 15) is 13.2 Å². The minimum absolute atomic E-state index is 0.0809. The third kappa shape index (κ3) is 3.61. The Bertz CT molecular complexity index is 211. The number of ether oxygens (including phenoxy) is 1. The molecule has 16 heavy (non-hydrogen) atoms. The number of nitrogens with two attached hydrogens (primary N) is 1. The summed E-state index contributed by atoms with van der Waals surface area (Å²) >= 11 is 0. The number of hydrogen-bond donors (Lipinski definition) is 1. The van der Waals surface area contributed by atoms with Crippen molar-refractivity contribution in [1.29, 1.82) is 0 Å². The van der Waals surface area contributed by atoms with Crippen LogP contribution >= 0.6 is 0 Å². The van der Waals surface area contributed by atoms with Gasteiger partial charge in [-0.1, -0.05) is 0 Å². The number of methoxy groups -OCH3 is 1. The summed E-state index contributed by atoms with van der Waals surface area (Å²) in [7, 11) is 1.44. The van der Waals surface area contributed by atoms with Crippen LogP contribution in [0.4, 0.5) is 13.2 Å². The average Bonchev–Trinajstić information content (AvgIpc) is 2.58. The second-order valence-corrected chi connectivity index (χ2v) is 4.27. The predicted octanol–water partition coefficient (Wildman–Crippen LogP) is 1.09. The Labute approximate surface area is 93.7 Å². The second kappa shape index (κ2) is 5.84. The van der Waals surface area contributed by atoms with Crippen molar-refractivity contribution in [2.24, 2.45) is 17.6 Å². The van der Waals surface area contributed by atoms with Gasteiger partial charge >= 0.3 is 6.18 Å². The molecule has 2 atom stereocenters. The lowest BCUT2D eigenvalue weighted by Gasteiger charge is -2.20. The number of alkyl halides is 3. The third-order valence-corrected chi connectivity index (χ3v) is 3.00. The first kappa shape index (κ1) is 13.7. The van der Waals surface area contributed by atoms with Gasteiger partial charge in [0.05, 0.1) is 12.5 Å². The number of hydrogen-bond acceptors (Lipinski definition) is 3. The number of likely N-dealkylation sites (tertiary alicyclic amines) is 1. The Kier molecular flexibility index (Phi) is 5.01. The zero-order chi connectivity index (χ0) is 12.2. The van der Waals surface area contributed by atoms with Gasteiger partial charge < -0.3 is 15.4 Å². The molecule has 0 aromatic rings. The summed E-state index contributed by atoms with van der Waals surface area (Å²) in [6.07, 6.45) is -3.38. The quantitative estimate of drug-likeness (QED) is 0.782. The normalized spacial score (nSPS) is 27.6. The molecule has 3 nitrogen and oxygen atoms in total. The van der Waals surface area contributed by atoms with E-state index < -0.39 is 18.0 Å². The first-order valence-electron chi connectivity index (χ1n) is 5.47. The Morgan fingerprint density at radius 3 is 2.56 bits per heavy atom. The Balaban J connectivity index is 2.54. The van der Waals surface area contributed by atoms with Crippen molar-refractivity contribution in [2.75, 3.05) is 39.9 Å². The molecule has 6 heteroatoms. The summed E-state index contributed by atoms with van der Waals surface area (Å²) in [6.45, 7) is 1.87. The molecule has 0 radical (unpaired) electrons. The van der Waals surface area contributed by atoms with E-state index in [2.05, 4.69) is 0 Å². The van der Waals surface area contributed by atoms with E-state index in [1.165, 1.54) is 7.11 Å². The summed E-state index contributed by atoms with van der Waals surface area (Å²) < 4.78 is 43.0. The third-order valence-electron chi connectivity index (χ3n) is 3.00. The van der Waals surface area contributed by atoms with Gasteiger partial charge in [-0.3, -0.25) is 0 Å². The maximum atomic E-state index is 12.7. The van der Waals surface area contributed by atoms with E-state index in [0.29, 0.717) is 19.6 Å². The van der Waals surface area contributed by atoms with Gasteiger partial charge in [0.1, 0.15) is 0 Å². The summed E-state index contributed by atoms with van der Waals surface area (Å²) in [5.74, 6) is -1.70. The second-order valence-electron chi connectivity index (χ2n) is 4.27. The molecule has 1 saturated heterocycles. The van der Waals surface area contributed by atoms with Crippen molar-refractivity contribution in [3.05, 3.63) is 0 Å². The zero-order valence-electron chi connectivity index (χ0n) is 9.46. The lowest BCUT2D eigenvalue weighted by molar-refractivity contribution is -0.183. The highest BCUT2D eigenvalue weighted by Gasteiger charge is 2.49. The van der Waals surface area contributed by atoms with E-state index in [4.69, 9.17) is 10.5 Å². The summed E-state index contributed by atoms with van der Waals surface area (Å²) in [5.41, 5.74) is 5.35. The van der Waals surface area contributed by atoms with Gasteiger partial charge in [-0.25, -0.2) is 0 Å². The fourth-order valence-corrected chi connectivity index (χ4v) is 2.21. The molecular formula is C10H19F3N2O. The van der Waals surface area contributed by atoms with Crippen LogP contribution in [0, 0.1) is 11.8 Å². The fourth-order valence-electron chi connectivity index (χ4n) is 2.21. The largest absolute Gasteiger partial charge is 0.393 e. The first-order chi connectivity index (χ1) is 7.49. The van der Waals surface area contributed by atoms with Crippen molar-refractivity contribution >= 4 is 0 Å². The number of nitrogens with zero attached hydrogens (tertiary/aromatic N) is 1. The minimum atomic E-state index is -4.12. The molecule has 0 saturated carbocycles. The molecule has 0 aromatic carbocycles. The van der Waals surface area contributed by atoms with Gasteiger partial charge in [-0.05, 0) is 19.5 Å².